The maximum absolute atomic E-state index is 12.9. The van der Waals surface area contributed by atoms with Crippen LogP contribution in [0.1, 0.15) is 354 Å². The number of allylic oxidation sites excluding steroid dienone is 22. The lowest BCUT2D eigenvalue weighted by Gasteiger charge is -2.24. The molecular formula is C87H153NO8P+. The van der Waals surface area contributed by atoms with Gasteiger partial charge in [-0.1, -0.05) is 379 Å². The van der Waals surface area contributed by atoms with Crippen molar-refractivity contribution in [2.45, 2.75) is 360 Å². The van der Waals surface area contributed by atoms with Crippen molar-refractivity contribution in [2.24, 2.45) is 0 Å². The highest BCUT2D eigenvalue weighted by atomic mass is 31.2. The molecule has 1 N–H and O–H groups in total. The van der Waals surface area contributed by atoms with E-state index in [0.29, 0.717) is 17.4 Å². The predicted molar refractivity (Wildman–Crippen MR) is 422 cm³/mol. The van der Waals surface area contributed by atoms with Crippen LogP contribution in [0.3, 0.4) is 0 Å². The largest absolute Gasteiger partial charge is 0.472 e. The number of esters is 2. The summed E-state index contributed by atoms with van der Waals surface area (Å²) in [5.41, 5.74) is 0. The molecule has 2 unspecified atom stereocenters. The molecule has 0 aromatic rings. The quantitative estimate of drug-likeness (QED) is 0.0211. The number of ether oxygens (including phenoxy) is 2. The van der Waals surface area contributed by atoms with E-state index in [4.69, 9.17) is 18.5 Å². The van der Waals surface area contributed by atoms with E-state index >= 15 is 0 Å². The topological polar surface area (TPSA) is 108 Å². The van der Waals surface area contributed by atoms with E-state index in [1.165, 1.54) is 205 Å². The normalized spacial score (nSPS) is 13.8. The fourth-order valence-corrected chi connectivity index (χ4v) is 12.1. The second-order valence-electron chi connectivity index (χ2n) is 28.1. The van der Waals surface area contributed by atoms with Crippen LogP contribution >= 0.6 is 7.82 Å². The summed E-state index contributed by atoms with van der Waals surface area (Å²) in [6.07, 6.45) is 112. The minimum atomic E-state index is -4.41. The summed E-state index contributed by atoms with van der Waals surface area (Å²) in [4.78, 5) is 36.0. The number of quaternary nitrogens is 1. The van der Waals surface area contributed by atoms with Gasteiger partial charge in [-0.05, 0) is 96.3 Å². The first-order valence-corrected chi connectivity index (χ1v) is 41.9. The fourth-order valence-electron chi connectivity index (χ4n) is 11.3. The van der Waals surface area contributed by atoms with Crippen LogP contribution in [-0.4, -0.2) is 74.9 Å². The molecule has 9 nitrogen and oxygen atoms in total. The van der Waals surface area contributed by atoms with E-state index in [-0.39, 0.29) is 32.0 Å². The van der Waals surface area contributed by atoms with Gasteiger partial charge in [0.1, 0.15) is 19.8 Å². The number of hydrogen-bond donors (Lipinski definition) is 1. The predicted octanol–water partition coefficient (Wildman–Crippen LogP) is 27.1. The molecule has 0 aliphatic heterocycles. The molecule has 0 aliphatic rings. The molecule has 0 aromatic carbocycles. The average Bonchev–Trinajstić information content (AvgIpc) is 1.69. The molecule has 558 valence electrons. The fraction of sp³-hybridized carbons (Fsp3) is 0.724. The molecule has 97 heavy (non-hydrogen) atoms. The summed E-state index contributed by atoms with van der Waals surface area (Å²) in [5.74, 6) is -0.803. The molecule has 0 aromatic heterocycles. The van der Waals surface area contributed by atoms with Gasteiger partial charge in [-0.2, -0.15) is 0 Å². The highest BCUT2D eigenvalue weighted by molar-refractivity contribution is 7.47. The Morgan fingerprint density at radius 3 is 0.876 bits per heavy atom. The van der Waals surface area contributed by atoms with Crippen molar-refractivity contribution in [1.29, 1.82) is 0 Å². The zero-order valence-electron chi connectivity index (χ0n) is 63.8. The monoisotopic (exact) mass is 1370 g/mol. The van der Waals surface area contributed by atoms with E-state index in [1.807, 2.05) is 21.1 Å². The maximum Gasteiger partial charge on any atom is 0.472 e. The number of phosphoric ester groups is 1. The summed E-state index contributed by atoms with van der Waals surface area (Å²) in [6, 6.07) is 0. The van der Waals surface area contributed by atoms with Crippen molar-refractivity contribution in [1.82, 2.24) is 0 Å². The van der Waals surface area contributed by atoms with Gasteiger partial charge in [0, 0.05) is 12.8 Å². The van der Waals surface area contributed by atoms with Gasteiger partial charge in [0.25, 0.3) is 0 Å². The first-order chi connectivity index (χ1) is 47.5. The zero-order valence-corrected chi connectivity index (χ0v) is 64.7. The zero-order chi connectivity index (χ0) is 70.4. The smallest absolute Gasteiger partial charge is 0.462 e. The summed E-state index contributed by atoms with van der Waals surface area (Å²) in [7, 11) is 1.47. The van der Waals surface area contributed by atoms with Crippen LogP contribution < -0.4 is 0 Å². The highest BCUT2D eigenvalue weighted by Gasteiger charge is 2.27. The van der Waals surface area contributed by atoms with Crippen LogP contribution in [0.15, 0.2) is 134 Å². The lowest BCUT2D eigenvalue weighted by Crippen LogP contribution is -2.37. The second kappa shape index (κ2) is 76.3. The van der Waals surface area contributed by atoms with Crippen molar-refractivity contribution in [3.63, 3.8) is 0 Å². The number of rotatable bonds is 74. The first kappa shape index (κ1) is 93.2. The summed E-state index contributed by atoms with van der Waals surface area (Å²) in [5, 5.41) is 0. The van der Waals surface area contributed by atoms with Crippen LogP contribution in [-0.2, 0) is 32.7 Å². The summed E-state index contributed by atoms with van der Waals surface area (Å²) < 4.78 is 34.8. The van der Waals surface area contributed by atoms with Crippen molar-refractivity contribution < 1.29 is 42.1 Å². The van der Waals surface area contributed by atoms with E-state index < -0.39 is 26.5 Å². The minimum Gasteiger partial charge on any atom is -0.462 e. The molecule has 0 radical (unpaired) electrons. The van der Waals surface area contributed by atoms with Crippen LogP contribution in [0.25, 0.3) is 0 Å². The van der Waals surface area contributed by atoms with Gasteiger partial charge in [-0.3, -0.25) is 18.6 Å². The standard InChI is InChI=1S/C87H152NO8P/c1-6-8-10-12-14-16-18-20-22-24-26-28-30-32-34-36-38-40-41-42-43-44-45-46-47-48-50-52-54-56-58-60-62-64-66-68-70-72-74-76-78-80-87(90)96-85(84-95-97(91,92)94-82-81-88(3,4)5)83-93-86(89)79-77-75-73-71-69-67-65-63-61-59-57-55-53-51-49-39-37-35-33-31-29-27-25-23-21-19-17-15-13-11-9-7-2/h8,10,14,16,20,22,26,28,32,34,38,40,42-43,45-46,48,50,54,56,60,62,85H,6-7,9,11-13,15,17-19,21,23-25,27,29-31,33,35-37,39,41,44,47,49,51-53,55,57-59,61,63-84H2,1-5H3/p+1/b10-8-,16-14-,22-20-,28-26-,34-32-,40-38-,43-42-,46-45-,50-48-,56-54-,62-60-. The molecule has 0 heterocycles. The summed E-state index contributed by atoms with van der Waals surface area (Å²) in [6.45, 7) is 4.34. The maximum atomic E-state index is 12.9. The molecule has 0 saturated heterocycles. The Morgan fingerprint density at radius 1 is 0.330 bits per heavy atom. The SMILES string of the molecule is CC/C=C\C/C=C\C/C=C\C/C=C\C/C=C\C/C=C\C/C=C\C/C=C\C/C=C\C/C=C\C/C=C\CCCCCCCCCC(=O)OC(COC(=O)CCCCCCCCCCCCCCCCCCCCCCCCCCCCCCCCCC)COP(=O)(O)OCC[N+](C)(C)C. The third-order valence-corrected chi connectivity index (χ3v) is 18.4. The molecule has 0 amide bonds. The number of carbonyl (C=O) groups is 2. The van der Waals surface area contributed by atoms with E-state index in [9.17, 15) is 19.0 Å². The summed E-state index contributed by atoms with van der Waals surface area (Å²) >= 11 is 0. The molecule has 0 rings (SSSR count). The Hall–Kier alpha value is -3.85. The average molecular weight is 1370 g/mol. The molecule has 0 fully saturated rings. The molecule has 2 atom stereocenters. The number of unbranched alkanes of at least 4 members (excludes halogenated alkanes) is 38. The molecular weight excluding hydrogens is 1220 g/mol. The van der Waals surface area contributed by atoms with Crippen molar-refractivity contribution in [3.05, 3.63) is 134 Å². The Bertz CT molecular complexity index is 2100. The Labute approximate surface area is 600 Å². The van der Waals surface area contributed by atoms with Crippen molar-refractivity contribution >= 4 is 19.8 Å². The lowest BCUT2D eigenvalue weighted by atomic mass is 10.0. The van der Waals surface area contributed by atoms with Gasteiger partial charge in [-0.25, -0.2) is 4.57 Å². The molecule has 0 aliphatic carbocycles. The second-order valence-corrected chi connectivity index (χ2v) is 29.5. The third kappa shape index (κ3) is 81.0. The Balaban J connectivity index is 4.04. The van der Waals surface area contributed by atoms with Gasteiger partial charge in [0.05, 0.1) is 27.7 Å². The molecule has 0 saturated carbocycles. The van der Waals surface area contributed by atoms with Crippen LogP contribution in [0.5, 0.6) is 0 Å². The van der Waals surface area contributed by atoms with Gasteiger partial charge >= 0.3 is 19.8 Å². The number of hydrogen-bond acceptors (Lipinski definition) is 7. The van der Waals surface area contributed by atoms with Gasteiger partial charge in [-0.15, -0.1) is 0 Å². The number of likely N-dealkylation sites (N-methyl/N-ethyl adjacent to an activating group) is 1. The van der Waals surface area contributed by atoms with Crippen LogP contribution in [0.4, 0.5) is 0 Å². The van der Waals surface area contributed by atoms with Crippen molar-refractivity contribution in [2.75, 3.05) is 47.5 Å². The van der Waals surface area contributed by atoms with Gasteiger partial charge < -0.3 is 18.9 Å². The van der Waals surface area contributed by atoms with Crippen LogP contribution in [0, 0.1) is 0 Å². The Morgan fingerprint density at radius 2 is 0.588 bits per heavy atom. The third-order valence-electron chi connectivity index (χ3n) is 17.4. The lowest BCUT2D eigenvalue weighted by molar-refractivity contribution is -0.870. The number of carbonyl (C=O) groups excluding carboxylic acids is 2. The number of phosphoric acid groups is 1. The Kier molecular flexibility index (Phi) is 73.3. The van der Waals surface area contributed by atoms with Crippen molar-refractivity contribution in [3.8, 4) is 0 Å². The highest BCUT2D eigenvalue weighted by Crippen LogP contribution is 2.43. The molecule has 10 heteroatoms. The van der Waals surface area contributed by atoms with Crippen LogP contribution in [0.2, 0.25) is 0 Å². The molecule has 0 spiro atoms. The number of nitrogens with zero attached hydrogens (tertiary/aromatic N) is 1. The van der Waals surface area contributed by atoms with Gasteiger partial charge in [0.2, 0.25) is 0 Å². The van der Waals surface area contributed by atoms with E-state index in [0.717, 1.165) is 116 Å². The molecule has 0 bridgehead atoms. The van der Waals surface area contributed by atoms with E-state index in [1.54, 1.807) is 0 Å². The minimum absolute atomic E-state index is 0.0250. The van der Waals surface area contributed by atoms with Gasteiger partial charge in [0.15, 0.2) is 6.10 Å². The van der Waals surface area contributed by atoms with E-state index in [2.05, 4.69) is 148 Å². The first-order valence-electron chi connectivity index (χ1n) is 40.4.